The van der Waals surface area contributed by atoms with Crippen molar-refractivity contribution in [1.29, 1.82) is 0 Å². The van der Waals surface area contributed by atoms with E-state index in [1.807, 2.05) is 0 Å². The van der Waals surface area contributed by atoms with Crippen LogP contribution in [0.4, 0.5) is 20.2 Å². The molecule has 0 aliphatic heterocycles. The van der Waals surface area contributed by atoms with Gasteiger partial charge in [0.05, 0.1) is 18.1 Å². The average Bonchev–Trinajstić information content (AvgIpc) is 2.71. The molecule has 2 N–H and O–H groups in total. The van der Waals surface area contributed by atoms with E-state index in [4.69, 9.17) is 9.47 Å². The quantitative estimate of drug-likeness (QED) is 0.467. The summed E-state index contributed by atoms with van der Waals surface area (Å²) in [6.45, 7) is -3.49. The molecular formula is C18H17F2N3O7. The Morgan fingerprint density at radius 1 is 1.20 bits per heavy atom. The maximum Gasteiger partial charge on any atom is 0.387 e. The fourth-order valence-electron chi connectivity index (χ4n) is 2.31. The van der Waals surface area contributed by atoms with Crippen molar-refractivity contribution in [3.05, 3.63) is 52.1 Å². The van der Waals surface area contributed by atoms with Gasteiger partial charge in [-0.15, -0.1) is 0 Å². The molecular weight excluding hydrogens is 408 g/mol. The lowest BCUT2D eigenvalue weighted by Gasteiger charge is -2.13. The molecule has 2 aromatic carbocycles. The molecule has 0 aliphatic rings. The molecule has 160 valence electrons. The highest BCUT2D eigenvalue weighted by Crippen LogP contribution is 2.36. The fourth-order valence-corrected chi connectivity index (χ4v) is 2.31. The van der Waals surface area contributed by atoms with Gasteiger partial charge in [-0.2, -0.15) is 8.78 Å². The van der Waals surface area contributed by atoms with E-state index >= 15 is 0 Å². The summed E-state index contributed by atoms with van der Waals surface area (Å²) < 4.78 is 39.4. The molecule has 0 saturated carbocycles. The summed E-state index contributed by atoms with van der Waals surface area (Å²) in [5.74, 6) is -1.86. The van der Waals surface area contributed by atoms with Gasteiger partial charge < -0.3 is 24.8 Å². The zero-order valence-electron chi connectivity index (χ0n) is 15.8. The van der Waals surface area contributed by atoms with E-state index < -0.39 is 34.4 Å². The van der Waals surface area contributed by atoms with E-state index in [9.17, 15) is 28.5 Å². The number of halogens is 2. The number of rotatable bonds is 9. The van der Waals surface area contributed by atoms with Crippen molar-refractivity contribution >= 4 is 23.2 Å². The third kappa shape index (κ3) is 5.77. The van der Waals surface area contributed by atoms with Crippen molar-refractivity contribution in [3.63, 3.8) is 0 Å². The van der Waals surface area contributed by atoms with Crippen LogP contribution in [-0.4, -0.2) is 44.1 Å². The third-order valence-corrected chi connectivity index (χ3v) is 3.68. The molecule has 0 heterocycles. The number of alkyl halides is 2. The van der Waals surface area contributed by atoms with Crippen molar-refractivity contribution in [3.8, 4) is 17.2 Å². The van der Waals surface area contributed by atoms with Crippen molar-refractivity contribution in [1.82, 2.24) is 5.32 Å². The number of ether oxygens (including phenoxy) is 3. The molecule has 0 atom stereocenters. The molecule has 0 saturated heterocycles. The van der Waals surface area contributed by atoms with Gasteiger partial charge in [0, 0.05) is 24.9 Å². The van der Waals surface area contributed by atoms with Crippen LogP contribution in [0.2, 0.25) is 0 Å². The molecule has 2 amide bonds. The summed E-state index contributed by atoms with van der Waals surface area (Å²) in [5, 5.41) is 16.2. The van der Waals surface area contributed by atoms with Crippen LogP contribution in [0.3, 0.4) is 0 Å². The Morgan fingerprint density at radius 3 is 2.53 bits per heavy atom. The number of anilines is 1. The van der Waals surface area contributed by atoms with Crippen molar-refractivity contribution in [2.24, 2.45) is 0 Å². The number of hydrogen-bond acceptors (Lipinski definition) is 7. The maximum absolute atomic E-state index is 12.6. The highest BCUT2D eigenvalue weighted by Gasteiger charge is 2.26. The normalized spacial score (nSPS) is 10.3. The minimum atomic E-state index is -3.24. The van der Waals surface area contributed by atoms with Gasteiger partial charge in [0.15, 0.2) is 18.1 Å². The van der Waals surface area contributed by atoms with Gasteiger partial charge in [0.2, 0.25) is 0 Å². The number of nitrogens with one attached hydrogen (secondary N) is 2. The Kier molecular flexibility index (Phi) is 7.44. The first-order chi connectivity index (χ1) is 14.2. The van der Waals surface area contributed by atoms with Gasteiger partial charge in [-0.1, -0.05) is 6.07 Å². The first-order valence-electron chi connectivity index (χ1n) is 8.31. The molecule has 2 aromatic rings. The van der Waals surface area contributed by atoms with Gasteiger partial charge in [-0.25, -0.2) is 0 Å². The Hall–Kier alpha value is -3.96. The topological polar surface area (TPSA) is 129 Å². The van der Waals surface area contributed by atoms with Crippen LogP contribution in [0.1, 0.15) is 10.4 Å². The van der Waals surface area contributed by atoms with Gasteiger partial charge >= 0.3 is 6.61 Å². The molecule has 0 aliphatic carbocycles. The summed E-state index contributed by atoms with van der Waals surface area (Å²) in [5.41, 5.74) is -0.971. The van der Waals surface area contributed by atoms with E-state index in [2.05, 4.69) is 15.4 Å². The Morgan fingerprint density at radius 2 is 1.93 bits per heavy atom. The lowest BCUT2D eigenvalue weighted by atomic mass is 10.1. The summed E-state index contributed by atoms with van der Waals surface area (Å²) in [4.78, 5) is 34.3. The number of nitro groups is 1. The predicted molar refractivity (Wildman–Crippen MR) is 100 cm³/mol. The predicted octanol–water partition coefficient (Wildman–Crippen LogP) is 2.58. The lowest BCUT2D eigenvalue weighted by molar-refractivity contribution is -0.385. The molecule has 10 nitrogen and oxygen atoms in total. The fraction of sp³-hybridized carbons (Fsp3) is 0.222. The molecule has 0 spiro atoms. The molecule has 0 fully saturated rings. The number of hydrogen-bond donors (Lipinski definition) is 2. The van der Waals surface area contributed by atoms with E-state index in [1.54, 1.807) is 6.07 Å². The van der Waals surface area contributed by atoms with Gasteiger partial charge in [0.1, 0.15) is 11.3 Å². The molecule has 0 radical (unpaired) electrons. The van der Waals surface area contributed by atoms with Crippen LogP contribution in [0.15, 0.2) is 36.4 Å². The summed E-state index contributed by atoms with van der Waals surface area (Å²) in [7, 11) is 2.58. The van der Waals surface area contributed by atoms with Crippen LogP contribution < -0.4 is 24.8 Å². The van der Waals surface area contributed by atoms with Gasteiger partial charge in [-0.3, -0.25) is 19.7 Å². The van der Waals surface area contributed by atoms with Crippen molar-refractivity contribution in [2.45, 2.75) is 6.61 Å². The SMILES string of the molecule is CNC(=O)COc1cccc(NC(=O)c2cc(OC)c(OC(F)F)cc2[N+](=O)[O-])c1. The first-order valence-corrected chi connectivity index (χ1v) is 8.31. The first kappa shape index (κ1) is 22.3. The number of benzene rings is 2. The second-order valence-electron chi connectivity index (χ2n) is 5.60. The van der Waals surface area contributed by atoms with Crippen LogP contribution in [0.25, 0.3) is 0 Å². The maximum atomic E-state index is 12.6. The lowest BCUT2D eigenvalue weighted by Crippen LogP contribution is -2.24. The van der Waals surface area contributed by atoms with Crippen molar-refractivity contribution < 1.29 is 37.5 Å². The molecule has 0 aromatic heterocycles. The Balaban J connectivity index is 2.30. The van der Waals surface area contributed by atoms with E-state index in [1.165, 1.54) is 25.2 Å². The van der Waals surface area contributed by atoms with Gasteiger partial charge in [-0.05, 0) is 12.1 Å². The second kappa shape index (κ2) is 10.0. The molecule has 12 heteroatoms. The number of nitrogens with zero attached hydrogens (tertiary/aromatic N) is 1. The number of carbonyl (C=O) groups excluding carboxylic acids is 2. The molecule has 30 heavy (non-hydrogen) atoms. The number of carbonyl (C=O) groups is 2. The largest absolute Gasteiger partial charge is 0.493 e. The summed E-state index contributed by atoms with van der Waals surface area (Å²) in [6.07, 6.45) is 0. The van der Waals surface area contributed by atoms with Gasteiger partial charge in [0.25, 0.3) is 17.5 Å². The smallest absolute Gasteiger partial charge is 0.387 e. The number of methoxy groups -OCH3 is 1. The van der Waals surface area contributed by atoms with Crippen LogP contribution >= 0.6 is 0 Å². The van der Waals surface area contributed by atoms with E-state index in [0.29, 0.717) is 6.07 Å². The average molecular weight is 425 g/mol. The summed E-state index contributed by atoms with van der Waals surface area (Å²) >= 11 is 0. The zero-order chi connectivity index (χ0) is 22.3. The van der Waals surface area contributed by atoms with E-state index in [0.717, 1.165) is 13.2 Å². The van der Waals surface area contributed by atoms with Crippen LogP contribution in [0, 0.1) is 10.1 Å². The standard InChI is InChI=1S/C18H17F2N3O7/c1-21-16(24)9-29-11-5-3-4-10(6-11)22-17(25)12-7-14(28-2)15(30-18(19)20)8-13(12)23(26)27/h3-8,18H,9H2,1-2H3,(H,21,24)(H,22,25). The number of nitro benzene ring substituents is 1. The minimum Gasteiger partial charge on any atom is -0.493 e. The molecule has 0 unspecified atom stereocenters. The highest BCUT2D eigenvalue weighted by molar-refractivity contribution is 6.07. The highest BCUT2D eigenvalue weighted by atomic mass is 19.3. The Labute approximate surface area is 168 Å². The zero-order valence-corrected chi connectivity index (χ0v) is 15.8. The molecule has 2 rings (SSSR count). The third-order valence-electron chi connectivity index (χ3n) is 3.68. The number of amides is 2. The second-order valence-corrected chi connectivity index (χ2v) is 5.60. The Bertz CT molecular complexity index is 953. The van der Waals surface area contributed by atoms with Crippen LogP contribution in [-0.2, 0) is 4.79 Å². The number of likely N-dealkylation sites (N-methyl/N-ethyl adjacent to an activating group) is 1. The van der Waals surface area contributed by atoms with E-state index in [-0.39, 0.29) is 29.7 Å². The monoisotopic (exact) mass is 425 g/mol. The minimum absolute atomic E-state index is 0.218. The summed E-state index contributed by atoms with van der Waals surface area (Å²) in [6, 6.07) is 7.57. The molecule has 0 bridgehead atoms. The van der Waals surface area contributed by atoms with Crippen LogP contribution in [0.5, 0.6) is 17.2 Å². The van der Waals surface area contributed by atoms with Crippen molar-refractivity contribution in [2.75, 3.05) is 26.1 Å².